The van der Waals surface area contributed by atoms with Gasteiger partial charge in [-0.3, -0.25) is 0 Å². The third-order valence-corrected chi connectivity index (χ3v) is 6.58. The van der Waals surface area contributed by atoms with Crippen molar-refractivity contribution in [3.05, 3.63) is 127 Å². The Labute approximate surface area is 212 Å². The van der Waals surface area contributed by atoms with Crippen LogP contribution in [0.2, 0.25) is 0 Å². The molecule has 35 heavy (non-hydrogen) atoms. The number of aryl methyl sites for hydroxylation is 1. The molecular weight excluding hydrogens is 426 g/mol. The fourth-order valence-corrected chi connectivity index (χ4v) is 4.42. The van der Waals surface area contributed by atoms with Crippen LogP contribution in [-0.2, 0) is 12.8 Å². The van der Waals surface area contributed by atoms with E-state index in [1.807, 2.05) is 18.2 Å². The smallest absolute Gasteiger partial charge is 0.0444 e. The topological polar surface area (TPSA) is 27.3 Å². The van der Waals surface area contributed by atoms with E-state index in [2.05, 4.69) is 103 Å². The number of nitrogens with zero attached hydrogens (tertiary/aromatic N) is 1. The predicted molar refractivity (Wildman–Crippen MR) is 152 cm³/mol. The van der Waals surface area contributed by atoms with Gasteiger partial charge in [0.1, 0.15) is 0 Å². The quantitative estimate of drug-likeness (QED) is 0.259. The Hall–Kier alpha value is -3.68. The van der Waals surface area contributed by atoms with E-state index in [-0.39, 0.29) is 0 Å². The van der Waals surface area contributed by atoms with Gasteiger partial charge in [-0.1, -0.05) is 81.8 Å². The molecule has 0 spiro atoms. The van der Waals surface area contributed by atoms with Gasteiger partial charge in [0, 0.05) is 54.9 Å². The molecule has 1 saturated heterocycles. The zero-order valence-electron chi connectivity index (χ0n) is 21.2. The zero-order chi connectivity index (χ0) is 25.0. The summed E-state index contributed by atoms with van der Waals surface area (Å²) in [4.78, 5) is 2.38. The lowest BCUT2D eigenvalue weighted by molar-refractivity contribution is 0.230. The Morgan fingerprint density at radius 1 is 1.09 bits per heavy atom. The molecule has 2 N–H and O–H groups in total. The van der Waals surface area contributed by atoms with Crippen molar-refractivity contribution in [2.75, 3.05) is 25.0 Å². The largest absolute Gasteiger partial charge is 0.388 e. The monoisotopic (exact) mass is 465 g/mol. The van der Waals surface area contributed by atoms with Crippen LogP contribution < -0.4 is 10.6 Å². The summed E-state index contributed by atoms with van der Waals surface area (Å²) in [6.45, 7) is 21.3. The van der Waals surface area contributed by atoms with Crippen molar-refractivity contribution in [2.24, 2.45) is 5.92 Å². The molecule has 0 radical (unpaired) electrons. The van der Waals surface area contributed by atoms with Crippen molar-refractivity contribution in [1.82, 2.24) is 10.2 Å². The molecule has 0 aliphatic carbocycles. The van der Waals surface area contributed by atoms with Gasteiger partial charge in [0.05, 0.1) is 0 Å². The van der Waals surface area contributed by atoms with Gasteiger partial charge in [0.2, 0.25) is 0 Å². The molecular formula is C32H39N3. The normalized spacial score (nSPS) is 14.1. The summed E-state index contributed by atoms with van der Waals surface area (Å²) in [5.41, 5.74) is 10.7. The molecule has 2 aromatic rings. The average molecular weight is 466 g/mol. The van der Waals surface area contributed by atoms with Crippen LogP contribution in [0.5, 0.6) is 0 Å². The lowest BCUT2D eigenvalue weighted by Gasteiger charge is -2.34. The standard InChI is InChI=1S/C32H39N3/c1-6-11-31(12-7-2)35-21-19-28(20-22-35)24-33-25(4)23-30-13-9-10-14-32(30)34-26(5)29-17-15-27(8-3)16-18-29/h6,9-18,28,33-34H,1-2,4-5,8,19-24H2,3H3/b31-11+. The summed E-state index contributed by atoms with van der Waals surface area (Å²) >= 11 is 0. The highest BCUT2D eigenvalue weighted by Crippen LogP contribution is 2.24. The van der Waals surface area contributed by atoms with Gasteiger partial charge in [0.25, 0.3) is 0 Å². The highest BCUT2D eigenvalue weighted by atomic mass is 15.1. The van der Waals surface area contributed by atoms with E-state index < -0.39 is 0 Å². The molecule has 0 unspecified atom stereocenters. The molecule has 0 saturated carbocycles. The molecule has 2 aromatic carbocycles. The molecule has 3 heteroatoms. The summed E-state index contributed by atoms with van der Waals surface area (Å²) in [5.74, 6) is 0.639. The van der Waals surface area contributed by atoms with E-state index in [4.69, 9.17) is 0 Å². The maximum atomic E-state index is 4.31. The van der Waals surface area contributed by atoms with Crippen LogP contribution in [0.4, 0.5) is 5.69 Å². The number of likely N-dealkylation sites (tertiary alicyclic amines) is 1. The Bertz CT molecular complexity index is 1090. The Morgan fingerprint density at radius 3 is 2.46 bits per heavy atom. The Balaban J connectivity index is 1.51. The van der Waals surface area contributed by atoms with E-state index in [0.717, 1.165) is 73.7 Å². The number of allylic oxidation sites excluding steroid dienone is 4. The number of para-hydroxylation sites is 1. The summed E-state index contributed by atoms with van der Waals surface area (Å²) < 4.78 is 0. The van der Waals surface area contributed by atoms with Gasteiger partial charge in [0.15, 0.2) is 0 Å². The minimum atomic E-state index is 0.639. The fraction of sp³-hybridized carbons (Fsp3) is 0.281. The molecule has 0 amide bonds. The van der Waals surface area contributed by atoms with Crippen LogP contribution in [0.25, 0.3) is 5.70 Å². The first-order valence-corrected chi connectivity index (χ1v) is 12.5. The maximum Gasteiger partial charge on any atom is 0.0444 e. The minimum Gasteiger partial charge on any atom is -0.388 e. The third kappa shape index (κ3) is 7.67. The van der Waals surface area contributed by atoms with Crippen molar-refractivity contribution in [2.45, 2.75) is 32.6 Å². The number of nitrogens with one attached hydrogen (secondary N) is 2. The number of benzene rings is 2. The molecule has 3 nitrogen and oxygen atoms in total. The van der Waals surface area contributed by atoms with Crippen molar-refractivity contribution >= 4 is 11.4 Å². The van der Waals surface area contributed by atoms with E-state index in [0.29, 0.717) is 5.92 Å². The van der Waals surface area contributed by atoms with Gasteiger partial charge >= 0.3 is 0 Å². The number of rotatable bonds is 12. The number of anilines is 1. The second-order valence-corrected chi connectivity index (χ2v) is 9.08. The summed E-state index contributed by atoms with van der Waals surface area (Å²) in [5, 5.41) is 7.11. The molecule has 1 aliphatic heterocycles. The third-order valence-electron chi connectivity index (χ3n) is 6.58. The van der Waals surface area contributed by atoms with Crippen LogP contribution in [0, 0.1) is 5.92 Å². The SMILES string of the molecule is C=C=C/C(=C\C=C)N1CCC(CNC(=C)Cc2ccccc2NC(=C)c2ccc(CC)cc2)CC1. The lowest BCUT2D eigenvalue weighted by Crippen LogP contribution is -2.36. The van der Waals surface area contributed by atoms with Crippen molar-refractivity contribution in [3.63, 3.8) is 0 Å². The molecule has 0 atom stereocenters. The molecule has 1 fully saturated rings. The van der Waals surface area contributed by atoms with Crippen LogP contribution >= 0.6 is 0 Å². The summed E-state index contributed by atoms with van der Waals surface area (Å²) in [6, 6.07) is 17.0. The van der Waals surface area contributed by atoms with Crippen LogP contribution in [0.3, 0.4) is 0 Å². The summed E-state index contributed by atoms with van der Waals surface area (Å²) in [6.07, 6.45) is 9.90. The number of hydrogen-bond acceptors (Lipinski definition) is 3. The van der Waals surface area contributed by atoms with Crippen LogP contribution in [0.1, 0.15) is 36.5 Å². The van der Waals surface area contributed by atoms with E-state index in [9.17, 15) is 0 Å². The van der Waals surface area contributed by atoms with Crippen molar-refractivity contribution in [1.29, 1.82) is 0 Å². The molecule has 1 heterocycles. The van der Waals surface area contributed by atoms with Crippen LogP contribution in [0.15, 0.2) is 110 Å². The molecule has 0 aromatic heterocycles. The number of hydrogen-bond donors (Lipinski definition) is 2. The second kappa shape index (κ2) is 13.3. The van der Waals surface area contributed by atoms with E-state index in [1.165, 1.54) is 11.1 Å². The zero-order valence-corrected chi connectivity index (χ0v) is 21.2. The molecule has 3 rings (SSSR count). The predicted octanol–water partition coefficient (Wildman–Crippen LogP) is 7.10. The Kier molecular flexibility index (Phi) is 9.83. The second-order valence-electron chi connectivity index (χ2n) is 9.08. The highest BCUT2D eigenvalue weighted by molar-refractivity contribution is 5.76. The fourth-order valence-electron chi connectivity index (χ4n) is 4.42. The van der Waals surface area contributed by atoms with Gasteiger partial charge < -0.3 is 15.5 Å². The van der Waals surface area contributed by atoms with Crippen molar-refractivity contribution in [3.8, 4) is 0 Å². The first kappa shape index (κ1) is 25.9. The molecule has 0 bridgehead atoms. The lowest BCUT2D eigenvalue weighted by atomic mass is 9.96. The first-order valence-electron chi connectivity index (χ1n) is 12.5. The van der Waals surface area contributed by atoms with Gasteiger partial charge in [-0.25, -0.2) is 0 Å². The molecule has 182 valence electrons. The highest BCUT2D eigenvalue weighted by Gasteiger charge is 2.20. The Morgan fingerprint density at radius 2 is 1.80 bits per heavy atom. The van der Waals surface area contributed by atoms with E-state index >= 15 is 0 Å². The first-order chi connectivity index (χ1) is 17.0. The minimum absolute atomic E-state index is 0.639. The summed E-state index contributed by atoms with van der Waals surface area (Å²) in [7, 11) is 0. The van der Waals surface area contributed by atoms with E-state index in [1.54, 1.807) is 0 Å². The van der Waals surface area contributed by atoms with Gasteiger partial charge in [-0.05, 0) is 54.0 Å². The van der Waals surface area contributed by atoms with Crippen molar-refractivity contribution < 1.29 is 0 Å². The molecule has 1 aliphatic rings. The van der Waals surface area contributed by atoms with Gasteiger partial charge in [-0.2, -0.15) is 0 Å². The number of piperidine rings is 1. The van der Waals surface area contributed by atoms with Gasteiger partial charge in [-0.15, -0.1) is 5.73 Å². The average Bonchev–Trinajstić information content (AvgIpc) is 2.89. The van der Waals surface area contributed by atoms with Crippen LogP contribution in [-0.4, -0.2) is 24.5 Å². The maximum absolute atomic E-state index is 4.31.